The molecule has 2 heterocycles. The van der Waals surface area contributed by atoms with Crippen LogP contribution in [0.2, 0.25) is 0 Å². The van der Waals surface area contributed by atoms with Crippen LogP contribution in [0, 0.1) is 13.8 Å². The number of hydrogen-bond donors (Lipinski definition) is 3. The monoisotopic (exact) mass is 261 g/mol. The third-order valence-electron chi connectivity index (χ3n) is 2.51. The molecule has 0 spiro atoms. The maximum Gasteiger partial charge on any atom is 0.198 e. The Kier molecular flexibility index (Phi) is 4.35. The molecule has 0 fully saturated rings. The van der Waals surface area contributed by atoms with Crippen molar-refractivity contribution in [3.05, 3.63) is 29.8 Å². The largest absolute Gasteiger partial charge is 0.446 e. The molecule has 3 N–H and O–H groups in total. The average Bonchev–Trinajstić information content (AvgIpc) is 2.74. The molecule has 19 heavy (non-hydrogen) atoms. The number of nitrogens with zero attached hydrogens (tertiary/aromatic N) is 2. The van der Waals surface area contributed by atoms with Gasteiger partial charge in [0.25, 0.3) is 0 Å². The van der Waals surface area contributed by atoms with Gasteiger partial charge in [0.2, 0.25) is 0 Å². The zero-order chi connectivity index (χ0) is 13.7. The van der Waals surface area contributed by atoms with Gasteiger partial charge in [-0.2, -0.15) is 0 Å². The zero-order valence-corrected chi connectivity index (χ0v) is 11.4. The third-order valence-corrected chi connectivity index (χ3v) is 2.51. The Labute approximate surface area is 112 Å². The SMILES string of the molecule is CNCCNc1cc(Nc2ccc(C)o2)nc(C)n1. The Bertz CT molecular complexity index is 538. The number of furan rings is 1. The number of aromatic nitrogens is 2. The molecule has 0 radical (unpaired) electrons. The van der Waals surface area contributed by atoms with Crippen molar-refractivity contribution in [2.45, 2.75) is 13.8 Å². The highest BCUT2D eigenvalue weighted by molar-refractivity contribution is 5.55. The number of likely N-dealkylation sites (N-methyl/N-ethyl adjacent to an activating group) is 1. The Morgan fingerprint density at radius 2 is 1.89 bits per heavy atom. The maximum atomic E-state index is 5.46. The van der Waals surface area contributed by atoms with Crippen molar-refractivity contribution in [3.8, 4) is 0 Å². The van der Waals surface area contributed by atoms with Crippen molar-refractivity contribution in [3.63, 3.8) is 0 Å². The molecule has 0 aliphatic heterocycles. The van der Waals surface area contributed by atoms with E-state index in [0.717, 1.165) is 24.7 Å². The summed E-state index contributed by atoms with van der Waals surface area (Å²) in [5.41, 5.74) is 0. The topological polar surface area (TPSA) is 75.0 Å². The molecule has 0 saturated carbocycles. The minimum Gasteiger partial charge on any atom is -0.446 e. The molecule has 102 valence electrons. The van der Waals surface area contributed by atoms with Gasteiger partial charge in [-0.3, -0.25) is 0 Å². The third kappa shape index (κ3) is 3.96. The van der Waals surface area contributed by atoms with Crippen molar-refractivity contribution in [2.24, 2.45) is 0 Å². The lowest BCUT2D eigenvalue weighted by atomic mass is 10.4. The first-order valence-electron chi connectivity index (χ1n) is 6.25. The average molecular weight is 261 g/mol. The summed E-state index contributed by atoms with van der Waals surface area (Å²) in [6.45, 7) is 5.46. The highest BCUT2D eigenvalue weighted by Gasteiger charge is 2.04. The zero-order valence-electron chi connectivity index (χ0n) is 11.4. The summed E-state index contributed by atoms with van der Waals surface area (Å²) in [6.07, 6.45) is 0. The molecule has 0 atom stereocenters. The van der Waals surface area contributed by atoms with Gasteiger partial charge < -0.3 is 20.4 Å². The van der Waals surface area contributed by atoms with Crippen LogP contribution in [-0.2, 0) is 0 Å². The standard InChI is InChI=1S/C13H19N5O/c1-9-4-5-13(19-9)18-12-8-11(15-7-6-14-3)16-10(2)17-12/h4-5,8,14H,6-7H2,1-3H3,(H2,15,16,17,18). The molecule has 0 amide bonds. The number of rotatable bonds is 6. The molecule has 2 aromatic heterocycles. The first-order chi connectivity index (χ1) is 9.17. The van der Waals surface area contributed by atoms with E-state index in [0.29, 0.717) is 17.5 Å². The van der Waals surface area contributed by atoms with Crippen molar-refractivity contribution in [1.82, 2.24) is 15.3 Å². The lowest BCUT2D eigenvalue weighted by Gasteiger charge is -2.08. The summed E-state index contributed by atoms with van der Waals surface area (Å²) < 4.78 is 5.46. The van der Waals surface area contributed by atoms with Crippen LogP contribution in [0.4, 0.5) is 17.5 Å². The van der Waals surface area contributed by atoms with E-state index in [1.807, 2.05) is 39.1 Å². The van der Waals surface area contributed by atoms with E-state index in [2.05, 4.69) is 25.9 Å². The highest BCUT2D eigenvalue weighted by atomic mass is 16.4. The van der Waals surface area contributed by atoms with Crippen LogP contribution in [0.15, 0.2) is 22.6 Å². The second kappa shape index (κ2) is 6.19. The first kappa shape index (κ1) is 13.4. The molecular weight excluding hydrogens is 242 g/mol. The van der Waals surface area contributed by atoms with E-state index in [-0.39, 0.29) is 0 Å². The molecule has 0 aromatic carbocycles. The van der Waals surface area contributed by atoms with Gasteiger partial charge in [-0.25, -0.2) is 9.97 Å². The van der Waals surface area contributed by atoms with Gasteiger partial charge in [-0.15, -0.1) is 0 Å². The minimum atomic E-state index is 0.678. The van der Waals surface area contributed by atoms with E-state index in [1.165, 1.54) is 0 Å². The fraction of sp³-hybridized carbons (Fsp3) is 0.385. The van der Waals surface area contributed by atoms with Gasteiger partial charge in [-0.1, -0.05) is 0 Å². The molecule has 0 aliphatic rings. The predicted octanol–water partition coefficient (Wildman–Crippen LogP) is 2.06. The van der Waals surface area contributed by atoms with Crippen LogP contribution in [0.1, 0.15) is 11.6 Å². The summed E-state index contributed by atoms with van der Waals surface area (Å²) >= 11 is 0. The summed E-state index contributed by atoms with van der Waals surface area (Å²) in [4.78, 5) is 8.66. The molecule has 0 unspecified atom stereocenters. The Morgan fingerprint density at radius 3 is 2.58 bits per heavy atom. The molecule has 6 nitrogen and oxygen atoms in total. The summed E-state index contributed by atoms with van der Waals surface area (Å²) in [5.74, 6) is 3.76. The highest BCUT2D eigenvalue weighted by Crippen LogP contribution is 2.19. The summed E-state index contributed by atoms with van der Waals surface area (Å²) in [7, 11) is 1.92. The Balaban J connectivity index is 2.07. The smallest absolute Gasteiger partial charge is 0.198 e. The number of nitrogens with one attached hydrogen (secondary N) is 3. The van der Waals surface area contributed by atoms with E-state index >= 15 is 0 Å². The van der Waals surface area contributed by atoms with Crippen molar-refractivity contribution in [2.75, 3.05) is 30.8 Å². The first-order valence-corrected chi connectivity index (χ1v) is 6.25. The van der Waals surface area contributed by atoms with Crippen molar-refractivity contribution < 1.29 is 4.42 Å². The van der Waals surface area contributed by atoms with Crippen LogP contribution in [0.5, 0.6) is 0 Å². The number of hydrogen-bond acceptors (Lipinski definition) is 6. The number of anilines is 3. The van der Waals surface area contributed by atoms with Crippen LogP contribution >= 0.6 is 0 Å². The van der Waals surface area contributed by atoms with Gasteiger partial charge in [0.15, 0.2) is 5.88 Å². The molecule has 0 saturated heterocycles. The van der Waals surface area contributed by atoms with Crippen LogP contribution in [0.3, 0.4) is 0 Å². The molecular formula is C13H19N5O. The van der Waals surface area contributed by atoms with Gasteiger partial charge >= 0.3 is 0 Å². The van der Waals surface area contributed by atoms with Gasteiger partial charge in [0, 0.05) is 25.2 Å². The molecule has 0 aliphatic carbocycles. The van der Waals surface area contributed by atoms with E-state index in [1.54, 1.807) is 0 Å². The van der Waals surface area contributed by atoms with E-state index in [9.17, 15) is 0 Å². The number of aryl methyl sites for hydroxylation is 2. The quantitative estimate of drug-likeness (QED) is 0.691. The molecule has 0 bridgehead atoms. The second-order valence-corrected chi connectivity index (χ2v) is 4.25. The van der Waals surface area contributed by atoms with Gasteiger partial charge in [0.05, 0.1) is 0 Å². The fourth-order valence-electron chi connectivity index (χ4n) is 1.67. The van der Waals surface area contributed by atoms with Crippen LogP contribution in [-0.4, -0.2) is 30.1 Å². The van der Waals surface area contributed by atoms with Crippen molar-refractivity contribution >= 4 is 17.5 Å². The van der Waals surface area contributed by atoms with E-state index < -0.39 is 0 Å². The summed E-state index contributed by atoms with van der Waals surface area (Å²) in [5, 5.41) is 9.43. The summed E-state index contributed by atoms with van der Waals surface area (Å²) in [6, 6.07) is 5.64. The normalized spacial score (nSPS) is 10.5. The predicted molar refractivity (Wildman–Crippen MR) is 75.9 cm³/mol. The minimum absolute atomic E-state index is 0.678. The Hall–Kier alpha value is -2.08. The maximum absolute atomic E-state index is 5.46. The van der Waals surface area contributed by atoms with Gasteiger partial charge in [0.1, 0.15) is 23.2 Å². The van der Waals surface area contributed by atoms with Crippen LogP contribution in [0.25, 0.3) is 0 Å². The lowest BCUT2D eigenvalue weighted by Crippen LogP contribution is -2.18. The molecule has 2 rings (SSSR count). The lowest BCUT2D eigenvalue weighted by molar-refractivity contribution is 0.551. The molecule has 2 aromatic rings. The Morgan fingerprint density at radius 1 is 1.11 bits per heavy atom. The van der Waals surface area contributed by atoms with Crippen molar-refractivity contribution in [1.29, 1.82) is 0 Å². The van der Waals surface area contributed by atoms with Crippen LogP contribution < -0.4 is 16.0 Å². The molecule has 6 heteroatoms. The fourth-order valence-corrected chi connectivity index (χ4v) is 1.67. The van der Waals surface area contributed by atoms with Gasteiger partial charge in [-0.05, 0) is 27.0 Å². The van der Waals surface area contributed by atoms with E-state index in [4.69, 9.17) is 4.42 Å². The second-order valence-electron chi connectivity index (χ2n) is 4.25.